The van der Waals surface area contributed by atoms with Crippen molar-refractivity contribution in [2.45, 2.75) is 18.6 Å². The van der Waals surface area contributed by atoms with Crippen LogP contribution in [0.2, 0.25) is 5.02 Å². The third kappa shape index (κ3) is 3.72. The van der Waals surface area contributed by atoms with Crippen LogP contribution in [0.25, 0.3) is 0 Å². The molecule has 7 heteroatoms. The molecular formula is C25H22ClNO5. The first-order chi connectivity index (χ1) is 15.4. The van der Waals surface area contributed by atoms with Gasteiger partial charge in [-0.2, -0.15) is 0 Å². The van der Waals surface area contributed by atoms with Crippen LogP contribution < -0.4 is 14.4 Å². The maximum Gasteiger partial charge on any atom is 0.264 e. The van der Waals surface area contributed by atoms with E-state index in [2.05, 4.69) is 0 Å². The summed E-state index contributed by atoms with van der Waals surface area (Å²) in [5, 5.41) is 12.0. The summed E-state index contributed by atoms with van der Waals surface area (Å²) >= 11 is 6.29. The summed E-state index contributed by atoms with van der Waals surface area (Å²) < 4.78 is 10.5. The lowest BCUT2D eigenvalue weighted by Crippen LogP contribution is -2.41. The Morgan fingerprint density at radius 1 is 1.00 bits per heavy atom. The fraction of sp³-hybridized carbons (Fsp3) is 0.200. The van der Waals surface area contributed by atoms with E-state index in [4.69, 9.17) is 21.1 Å². The largest absolute Gasteiger partial charge is 0.493 e. The molecule has 32 heavy (non-hydrogen) atoms. The van der Waals surface area contributed by atoms with Crippen LogP contribution in [0.15, 0.2) is 66.7 Å². The number of fused-ring (bicyclic) bond motifs is 1. The number of hydrogen-bond donors (Lipinski definition) is 1. The monoisotopic (exact) mass is 451 g/mol. The SMILES string of the molecule is COc1ccc(C(=O)C[C@@]2(O)C(=O)N(Cc3ccccc3Cl)c3ccccc32)cc1OC. The number of methoxy groups -OCH3 is 2. The van der Waals surface area contributed by atoms with E-state index >= 15 is 0 Å². The minimum atomic E-state index is -1.98. The molecule has 3 aromatic carbocycles. The van der Waals surface area contributed by atoms with E-state index in [1.807, 2.05) is 18.2 Å². The normalized spacial score (nSPS) is 17.2. The molecule has 0 spiro atoms. The quantitative estimate of drug-likeness (QED) is 0.540. The fourth-order valence-corrected chi connectivity index (χ4v) is 4.17. The molecule has 0 saturated carbocycles. The highest BCUT2D eigenvalue weighted by atomic mass is 35.5. The van der Waals surface area contributed by atoms with E-state index in [1.165, 1.54) is 25.2 Å². The number of Topliss-reactive ketones (excluding diaryl/α,β-unsaturated/α-hetero) is 1. The number of benzene rings is 3. The van der Waals surface area contributed by atoms with Gasteiger partial charge in [-0.25, -0.2) is 0 Å². The summed E-state index contributed by atoms with van der Waals surface area (Å²) in [5.41, 5.74) is 0.0202. The minimum absolute atomic E-state index is 0.183. The maximum absolute atomic E-state index is 13.4. The third-order valence-electron chi connectivity index (χ3n) is 5.65. The van der Waals surface area contributed by atoms with Crippen molar-refractivity contribution in [2.24, 2.45) is 0 Å². The summed E-state index contributed by atoms with van der Waals surface area (Å²) in [7, 11) is 2.98. The lowest BCUT2D eigenvalue weighted by molar-refractivity contribution is -0.136. The Kier molecular flexibility index (Phi) is 5.91. The number of amides is 1. The molecule has 0 radical (unpaired) electrons. The molecule has 1 atom stereocenters. The second-order valence-electron chi connectivity index (χ2n) is 7.53. The summed E-state index contributed by atoms with van der Waals surface area (Å²) in [6.45, 7) is 0.183. The van der Waals surface area contributed by atoms with Crippen molar-refractivity contribution < 1.29 is 24.2 Å². The van der Waals surface area contributed by atoms with Crippen molar-refractivity contribution in [3.05, 3.63) is 88.4 Å². The lowest BCUT2D eigenvalue weighted by atomic mass is 9.88. The van der Waals surface area contributed by atoms with E-state index in [9.17, 15) is 14.7 Å². The Labute approximate surface area is 191 Å². The van der Waals surface area contributed by atoms with Crippen molar-refractivity contribution >= 4 is 29.0 Å². The van der Waals surface area contributed by atoms with Gasteiger partial charge in [0, 0.05) is 16.1 Å². The molecule has 1 amide bonds. The number of rotatable bonds is 7. The van der Waals surface area contributed by atoms with Gasteiger partial charge in [-0.05, 0) is 35.9 Å². The molecule has 6 nitrogen and oxygen atoms in total. The zero-order valence-corrected chi connectivity index (χ0v) is 18.4. The fourth-order valence-electron chi connectivity index (χ4n) is 3.98. The average molecular weight is 452 g/mol. The van der Waals surface area contributed by atoms with Crippen LogP contribution in [0, 0.1) is 0 Å². The average Bonchev–Trinajstić information content (AvgIpc) is 3.01. The smallest absolute Gasteiger partial charge is 0.264 e. The van der Waals surface area contributed by atoms with E-state index < -0.39 is 23.7 Å². The van der Waals surface area contributed by atoms with Gasteiger partial charge in [0.25, 0.3) is 5.91 Å². The Balaban J connectivity index is 1.67. The van der Waals surface area contributed by atoms with Crippen LogP contribution in [0.4, 0.5) is 5.69 Å². The van der Waals surface area contributed by atoms with Crippen molar-refractivity contribution in [3.63, 3.8) is 0 Å². The van der Waals surface area contributed by atoms with E-state index in [0.717, 1.165) is 5.56 Å². The van der Waals surface area contributed by atoms with Crippen LogP contribution in [0.5, 0.6) is 11.5 Å². The second-order valence-corrected chi connectivity index (χ2v) is 7.94. The van der Waals surface area contributed by atoms with Gasteiger partial charge >= 0.3 is 0 Å². The van der Waals surface area contributed by atoms with Gasteiger partial charge in [-0.1, -0.05) is 48.0 Å². The maximum atomic E-state index is 13.4. The second kappa shape index (κ2) is 8.65. The molecule has 0 bridgehead atoms. The van der Waals surface area contributed by atoms with Gasteiger partial charge in [0.15, 0.2) is 22.9 Å². The summed E-state index contributed by atoms with van der Waals surface area (Å²) in [6, 6.07) is 18.9. The Morgan fingerprint density at radius 2 is 1.69 bits per heavy atom. The molecule has 0 unspecified atom stereocenters. The van der Waals surface area contributed by atoms with Gasteiger partial charge in [0.2, 0.25) is 0 Å². The van der Waals surface area contributed by atoms with Crippen molar-refractivity contribution in [1.29, 1.82) is 0 Å². The molecule has 0 aromatic heterocycles. The van der Waals surface area contributed by atoms with Crippen LogP contribution in [-0.4, -0.2) is 31.0 Å². The highest BCUT2D eigenvalue weighted by molar-refractivity contribution is 6.31. The molecule has 0 saturated heterocycles. The summed E-state index contributed by atoms with van der Waals surface area (Å²) in [6.07, 6.45) is -0.405. The standard InChI is InChI=1S/C25H22ClNO5/c1-31-22-12-11-16(13-23(22)32-2)21(28)14-25(30)18-8-4-6-10-20(18)27(24(25)29)15-17-7-3-5-9-19(17)26/h3-13,30H,14-15H2,1-2H3/t25-/m0/s1. The molecule has 1 N–H and O–H groups in total. The number of para-hydroxylation sites is 1. The van der Waals surface area contributed by atoms with E-state index in [-0.39, 0.29) is 6.54 Å². The predicted molar refractivity (Wildman–Crippen MR) is 121 cm³/mol. The molecular weight excluding hydrogens is 430 g/mol. The number of aliphatic hydroxyl groups is 1. The zero-order chi connectivity index (χ0) is 22.9. The van der Waals surface area contributed by atoms with Crippen LogP contribution in [0.3, 0.4) is 0 Å². The summed E-state index contributed by atoms with van der Waals surface area (Å²) in [4.78, 5) is 28.0. The zero-order valence-electron chi connectivity index (χ0n) is 17.7. The minimum Gasteiger partial charge on any atom is -0.493 e. The molecule has 3 aromatic rings. The van der Waals surface area contributed by atoms with Gasteiger partial charge in [0.1, 0.15) is 0 Å². The van der Waals surface area contributed by atoms with Gasteiger partial charge in [0.05, 0.1) is 32.9 Å². The van der Waals surface area contributed by atoms with Crippen molar-refractivity contribution in [3.8, 4) is 11.5 Å². The number of halogens is 1. The van der Waals surface area contributed by atoms with Gasteiger partial charge < -0.3 is 19.5 Å². The Morgan fingerprint density at radius 3 is 2.41 bits per heavy atom. The molecule has 4 rings (SSSR count). The molecule has 164 valence electrons. The first-order valence-electron chi connectivity index (χ1n) is 10.0. The number of carbonyl (C=O) groups is 2. The summed E-state index contributed by atoms with van der Waals surface area (Å²) in [5.74, 6) is -0.0801. The van der Waals surface area contributed by atoms with Gasteiger partial charge in [-0.15, -0.1) is 0 Å². The number of anilines is 1. The van der Waals surface area contributed by atoms with Crippen LogP contribution in [0.1, 0.15) is 27.9 Å². The third-order valence-corrected chi connectivity index (χ3v) is 6.02. The van der Waals surface area contributed by atoms with E-state index in [1.54, 1.807) is 42.5 Å². The van der Waals surface area contributed by atoms with Crippen molar-refractivity contribution in [1.82, 2.24) is 0 Å². The highest BCUT2D eigenvalue weighted by Crippen LogP contribution is 2.44. The first kappa shape index (κ1) is 21.9. The number of ether oxygens (including phenoxy) is 2. The molecule has 1 heterocycles. The molecule has 0 fully saturated rings. The molecule has 1 aliphatic heterocycles. The molecule has 0 aliphatic carbocycles. The first-order valence-corrected chi connectivity index (χ1v) is 10.4. The van der Waals surface area contributed by atoms with E-state index in [0.29, 0.717) is 33.3 Å². The number of nitrogens with zero attached hydrogens (tertiary/aromatic N) is 1. The van der Waals surface area contributed by atoms with Crippen molar-refractivity contribution in [2.75, 3.05) is 19.1 Å². The Hall–Kier alpha value is -3.35. The van der Waals surface area contributed by atoms with Gasteiger partial charge in [-0.3, -0.25) is 9.59 Å². The molecule has 1 aliphatic rings. The van der Waals surface area contributed by atoms with Crippen LogP contribution >= 0.6 is 11.6 Å². The predicted octanol–water partition coefficient (Wildman–Crippen LogP) is 4.36. The Bertz CT molecular complexity index is 1190. The van der Waals surface area contributed by atoms with Crippen LogP contribution in [-0.2, 0) is 16.9 Å². The topological polar surface area (TPSA) is 76.1 Å². The number of carbonyl (C=O) groups excluding carboxylic acids is 2. The number of hydrogen-bond acceptors (Lipinski definition) is 5. The highest BCUT2D eigenvalue weighted by Gasteiger charge is 2.50. The number of ketones is 1. The lowest BCUT2D eigenvalue weighted by Gasteiger charge is -2.23.